The molecular formula is C30H27N2O3P. The molecule has 0 unspecified atom stereocenters. The molecule has 0 atom stereocenters. The van der Waals surface area contributed by atoms with Crippen LogP contribution in [-0.2, 0) is 11.0 Å². The van der Waals surface area contributed by atoms with E-state index < -0.39 is 7.29 Å². The second-order valence-electron chi connectivity index (χ2n) is 8.11. The van der Waals surface area contributed by atoms with Crippen LogP contribution in [0.5, 0.6) is 11.5 Å². The van der Waals surface area contributed by atoms with Crippen molar-refractivity contribution in [3.8, 4) is 17.6 Å². The van der Waals surface area contributed by atoms with Gasteiger partial charge in [0.15, 0.2) is 0 Å². The fraction of sp³-hybridized carbons (Fsp3) is 0.100. The average Bonchev–Trinajstić information content (AvgIpc) is 2.95. The van der Waals surface area contributed by atoms with Crippen molar-refractivity contribution < 1.29 is 14.0 Å². The minimum absolute atomic E-state index is 0.378. The zero-order valence-corrected chi connectivity index (χ0v) is 21.1. The standard InChI is InChI=1S/C30H27N2O3P/c1-34-25-17-13-23(14-18-25)21-30(29(22-31)24-15-19-26(35-2)20-16-24)32-36(33,27-9-5-3-6-10-27)28-11-7-4-8-12-28/h3-20H,21H2,1-2H3,(H,32,33)/b30-29+. The van der Waals surface area contributed by atoms with Crippen LogP contribution >= 0.6 is 7.29 Å². The lowest BCUT2D eigenvalue weighted by molar-refractivity contribution is 0.414. The molecule has 4 aromatic carbocycles. The van der Waals surface area contributed by atoms with E-state index in [2.05, 4.69) is 11.2 Å². The first-order chi connectivity index (χ1) is 17.6. The molecular weight excluding hydrogens is 467 g/mol. The van der Waals surface area contributed by atoms with E-state index in [1.165, 1.54) is 0 Å². The van der Waals surface area contributed by atoms with Gasteiger partial charge in [0.05, 0.1) is 19.8 Å². The summed E-state index contributed by atoms with van der Waals surface area (Å²) in [6.07, 6.45) is 0.378. The number of hydrogen-bond acceptors (Lipinski definition) is 4. The highest BCUT2D eigenvalue weighted by Gasteiger charge is 2.29. The van der Waals surface area contributed by atoms with Crippen molar-refractivity contribution >= 4 is 23.5 Å². The molecule has 0 spiro atoms. The van der Waals surface area contributed by atoms with Crippen molar-refractivity contribution in [3.05, 3.63) is 126 Å². The van der Waals surface area contributed by atoms with Crippen molar-refractivity contribution in [2.75, 3.05) is 14.2 Å². The van der Waals surface area contributed by atoms with E-state index in [1.807, 2.05) is 109 Å². The quantitative estimate of drug-likeness (QED) is 0.239. The lowest BCUT2D eigenvalue weighted by Gasteiger charge is -2.25. The lowest BCUT2D eigenvalue weighted by Crippen LogP contribution is -2.28. The van der Waals surface area contributed by atoms with Gasteiger partial charge < -0.3 is 14.6 Å². The monoisotopic (exact) mass is 494 g/mol. The van der Waals surface area contributed by atoms with Crippen LogP contribution in [-0.4, -0.2) is 14.2 Å². The molecule has 0 radical (unpaired) electrons. The van der Waals surface area contributed by atoms with Gasteiger partial charge in [0, 0.05) is 22.7 Å². The molecule has 0 amide bonds. The molecule has 0 aromatic heterocycles. The Labute approximate surface area is 212 Å². The van der Waals surface area contributed by atoms with E-state index >= 15 is 0 Å². The largest absolute Gasteiger partial charge is 0.497 e. The summed E-state index contributed by atoms with van der Waals surface area (Å²) in [7, 11) is -0.123. The average molecular weight is 495 g/mol. The molecule has 4 aromatic rings. The Morgan fingerprint density at radius 2 is 1.22 bits per heavy atom. The highest BCUT2D eigenvalue weighted by molar-refractivity contribution is 7.77. The summed E-state index contributed by atoms with van der Waals surface area (Å²) >= 11 is 0. The summed E-state index contributed by atoms with van der Waals surface area (Å²) in [6.45, 7) is 0. The second-order valence-corrected chi connectivity index (χ2v) is 10.6. The summed E-state index contributed by atoms with van der Waals surface area (Å²) in [4.78, 5) is 0. The molecule has 4 rings (SSSR count). The van der Waals surface area contributed by atoms with Crippen molar-refractivity contribution in [1.29, 1.82) is 5.26 Å². The molecule has 0 saturated heterocycles. The number of allylic oxidation sites excluding steroid dienone is 2. The Bertz CT molecular complexity index is 1370. The first kappa shape index (κ1) is 24.9. The molecule has 0 aliphatic carbocycles. The molecule has 0 saturated carbocycles. The van der Waals surface area contributed by atoms with Crippen LogP contribution in [0.3, 0.4) is 0 Å². The molecule has 1 N–H and O–H groups in total. The Balaban J connectivity index is 1.87. The minimum Gasteiger partial charge on any atom is -0.497 e. The summed E-state index contributed by atoms with van der Waals surface area (Å²) in [6, 6.07) is 36.0. The van der Waals surface area contributed by atoms with Crippen LogP contribution in [0.15, 0.2) is 115 Å². The number of benzene rings is 4. The summed E-state index contributed by atoms with van der Waals surface area (Å²) in [5, 5.41) is 15.0. The maximum atomic E-state index is 14.8. The van der Waals surface area contributed by atoms with Crippen LogP contribution in [0, 0.1) is 11.3 Å². The van der Waals surface area contributed by atoms with Crippen LogP contribution in [0.25, 0.3) is 5.57 Å². The van der Waals surface area contributed by atoms with Gasteiger partial charge in [0.2, 0.25) is 7.29 Å². The van der Waals surface area contributed by atoms with Crippen LogP contribution in [0.4, 0.5) is 0 Å². The molecule has 5 nitrogen and oxygen atoms in total. The lowest BCUT2D eigenvalue weighted by atomic mass is 10.0. The third-order valence-electron chi connectivity index (χ3n) is 5.86. The van der Waals surface area contributed by atoms with E-state index in [-0.39, 0.29) is 0 Å². The van der Waals surface area contributed by atoms with Gasteiger partial charge in [-0.25, -0.2) is 0 Å². The van der Waals surface area contributed by atoms with E-state index in [0.29, 0.717) is 39.6 Å². The number of ether oxygens (including phenoxy) is 2. The molecule has 0 aliphatic heterocycles. The normalized spacial score (nSPS) is 11.7. The number of nitrogens with zero attached hydrogens (tertiary/aromatic N) is 1. The Kier molecular flexibility index (Phi) is 7.90. The molecule has 0 bridgehead atoms. The number of nitriles is 1. The molecule has 0 fully saturated rings. The summed E-state index contributed by atoms with van der Waals surface area (Å²) < 4.78 is 25.4. The second kappa shape index (κ2) is 11.4. The topological polar surface area (TPSA) is 71.3 Å². The Morgan fingerprint density at radius 3 is 1.67 bits per heavy atom. The zero-order chi connectivity index (χ0) is 25.4. The van der Waals surface area contributed by atoms with Gasteiger partial charge in [-0.15, -0.1) is 0 Å². The molecule has 36 heavy (non-hydrogen) atoms. The Morgan fingerprint density at radius 1 is 0.750 bits per heavy atom. The SMILES string of the molecule is COc1ccc(C/C(NP(=O)(c2ccccc2)c2ccccc2)=C(/C#N)c2ccc(OC)cc2)cc1. The summed E-state index contributed by atoms with van der Waals surface area (Å²) in [5.41, 5.74) is 2.65. The highest BCUT2D eigenvalue weighted by Crippen LogP contribution is 2.41. The maximum absolute atomic E-state index is 14.8. The van der Waals surface area contributed by atoms with Crippen LogP contribution < -0.4 is 25.2 Å². The van der Waals surface area contributed by atoms with E-state index in [0.717, 1.165) is 11.3 Å². The third kappa shape index (κ3) is 5.51. The van der Waals surface area contributed by atoms with Crippen LogP contribution in [0.1, 0.15) is 11.1 Å². The number of methoxy groups -OCH3 is 2. The van der Waals surface area contributed by atoms with E-state index in [1.54, 1.807) is 14.2 Å². The molecule has 0 aliphatic rings. The first-order valence-corrected chi connectivity index (χ1v) is 13.2. The fourth-order valence-electron chi connectivity index (χ4n) is 3.94. The van der Waals surface area contributed by atoms with Gasteiger partial charge in [0.25, 0.3) is 0 Å². The van der Waals surface area contributed by atoms with E-state index in [4.69, 9.17) is 9.47 Å². The number of rotatable bonds is 9. The fourth-order valence-corrected chi connectivity index (χ4v) is 6.25. The predicted octanol–water partition coefficient (Wildman–Crippen LogP) is 5.70. The third-order valence-corrected chi connectivity index (χ3v) is 8.50. The Hall–Kier alpha value is -4.26. The van der Waals surface area contributed by atoms with Crippen molar-refractivity contribution in [1.82, 2.24) is 5.09 Å². The smallest absolute Gasteiger partial charge is 0.226 e. The van der Waals surface area contributed by atoms with Gasteiger partial charge in [0.1, 0.15) is 17.6 Å². The van der Waals surface area contributed by atoms with Crippen molar-refractivity contribution in [3.63, 3.8) is 0 Å². The molecule has 0 heterocycles. The van der Waals surface area contributed by atoms with E-state index in [9.17, 15) is 9.83 Å². The van der Waals surface area contributed by atoms with Gasteiger partial charge in [-0.2, -0.15) is 5.26 Å². The molecule has 6 heteroatoms. The van der Waals surface area contributed by atoms with Crippen LogP contribution in [0.2, 0.25) is 0 Å². The van der Waals surface area contributed by atoms with Gasteiger partial charge >= 0.3 is 0 Å². The van der Waals surface area contributed by atoms with Gasteiger partial charge in [-0.05, 0) is 71.8 Å². The summed E-state index contributed by atoms with van der Waals surface area (Å²) in [5.74, 6) is 1.44. The van der Waals surface area contributed by atoms with Crippen molar-refractivity contribution in [2.24, 2.45) is 0 Å². The van der Waals surface area contributed by atoms with Crippen molar-refractivity contribution in [2.45, 2.75) is 6.42 Å². The highest BCUT2D eigenvalue weighted by atomic mass is 31.2. The molecule has 180 valence electrons. The zero-order valence-electron chi connectivity index (χ0n) is 20.2. The van der Waals surface area contributed by atoms with Gasteiger partial charge in [-0.3, -0.25) is 4.57 Å². The maximum Gasteiger partial charge on any atom is 0.226 e. The first-order valence-electron chi connectivity index (χ1n) is 11.5. The minimum atomic E-state index is -3.34. The number of nitrogens with one attached hydrogen (secondary N) is 1. The van der Waals surface area contributed by atoms with Gasteiger partial charge in [-0.1, -0.05) is 48.5 Å². The predicted molar refractivity (Wildman–Crippen MR) is 145 cm³/mol. The number of hydrogen-bond donors (Lipinski definition) is 1.